The molecule has 3 N–H and O–H groups in total. The zero-order valence-electron chi connectivity index (χ0n) is 19.4. The first-order valence-corrected chi connectivity index (χ1v) is 11.9. The van der Waals surface area contributed by atoms with Gasteiger partial charge in [0.05, 0.1) is 24.2 Å². The molecule has 0 spiro atoms. The maximum absolute atomic E-state index is 13.2. The molecule has 6 nitrogen and oxygen atoms in total. The summed E-state index contributed by atoms with van der Waals surface area (Å²) in [5, 5.41) is 31.1. The number of aliphatic hydroxyl groups is 2. The predicted molar refractivity (Wildman–Crippen MR) is 132 cm³/mol. The van der Waals surface area contributed by atoms with Crippen LogP contribution in [0.15, 0.2) is 84.9 Å². The fraction of sp³-hybridized carbons (Fsp3) is 0.310. The second-order valence-corrected chi connectivity index (χ2v) is 9.16. The van der Waals surface area contributed by atoms with Crippen LogP contribution in [0, 0.1) is 5.92 Å². The Morgan fingerprint density at radius 2 is 1.57 bits per heavy atom. The Balaban J connectivity index is 1.55. The summed E-state index contributed by atoms with van der Waals surface area (Å²) in [5.41, 5.74) is 1.28. The molecule has 35 heavy (non-hydrogen) atoms. The molecule has 182 valence electrons. The zero-order chi connectivity index (χ0) is 24.8. The van der Waals surface area contributed by atoms with Crippen molar-refractivity contribution in [3.63, 3.8) is 0 Å². The summed E-state index contributed by atoms with van der Waals surface area (Å²) in [5.74, 6) is -2.21. The molecular formula is C29H30O6. The lowest BCUT2D eigenvalue weighted by molar-refractivity contribution is -0.152. The third kappa shape index (κ3) is 5.61. The van der Waals surface area contributed by atoms with E-state index in [0.29, 0.717) is 31.2 Å². The van der Waals surface area contributed by atoms with Gasteiger partial charge in [-0.2, -0.15) is 0 Å². The molecule has 0 aliphatic heterocycles. The summed E-state index contributed by atoms with van der Waals surface area (Å²) in [6.07, 6.45) is -0.705. The van der Waals surface area contributed by atoms with Gasteiger partial charge in [0, 0.05) is 5.92 Å². The van der Waals surface area contributed by atoms with Crippen molar-refractivity contribution in [1.29, 1.82) is 0 Å². The van der Waals surface area contributed by atoms with Crippen molar-refractivity contribution in [2.24, 2.45) is 5.92 Å². The quantitative estimate of drug-likeness (QED) is 0.377. The number of esters is 1. The molecule has 0 bridgehead atoms. The van der Waals surface area contributed by atoms with E-state index in [-0.39, 0.29) is 0 Å². The minimum Gasteiger partial charge on any atom is -0.481 e. The number of aliphatic hydroxyl groups excluding tert-OH is 2. The van der Waals surface area contributed by atoms with Crippen LogP contribution in [-0.2, 0) is 9.53 Å². The van der Waals surface area contributed by atoms with E-state index in [9.17, 15) is 24.9 Å². The summed E-state index contributed by atoms with van der Waals surface area (Å²) < 4.78 is 5.90. The normalized spacial score (nSPS) is 22.5. The van der Waals surface area contributed by atoms with Crippen molar-refractivity contribution in [2.45, 2.75) is 49.9 Å². The highest BCUT2D eigenvalue weighted by atomic mass is 16.6. The van der Waals surface area contributed by atoms with Crippen LogP contribution >= 0.6 is 0 Å². The van der Waals surface area contributed by atoms with Gasteiger partial charge in [-0.05, 0) is 54.5 Å². The fourth-order valence-electron chi connectivity index (χ4n) is 5.08. The number of rotatable bonds is 9. The maximum Gasteiger partial charge on any atom is 0.338 e. The van der Waals surface area contributed by atoms with E-state index in [4.69, 9.17) is 4.74 Å². The van der Waals surface area contributed by atoms with E-state index >= 15 is 0 Å². The number of carbonyl (C=O) groups is 2. The van der Waals surface area contributed by atoms with Crippen molar-refractivity contribution in [3.05, 3.63) is 96.1 Å². The zero-order valence-corrected chi connectivity index (χ0v) is 19.4. The second kappa shape index (κ2) is 10.8. The molecule has 0 amide bonds. The average Bonchev–Trinajstić information content (AvgIpc) is 3.17. The molecule has 4 atom stereocenters. The molecule has 1 aliphatic rings. The molecule has 4 rings (SSSR count). The third-order valence-electron chi connectivity index (χ3n) is 6.93. The Kier molecular flexibility index (Phi) is 7.63. The number of carboxylic acid groups (broad SMARTS) is 1. The number of benzene rings is 3. The molecule has 0 heterocycles. The smallest absolute Gasteiger partial charge is 0.338 e. The number of carboxylic acids is 1. The predicted octanol–water partition coefficient (Wildman–Crippen LogP) is 5.01. The van der Waals surface area contributed by atoms with Crippen molar-refractivity contribution in [2.75, 3.05) is 0 Å². The minimum absolute atomic E-state index is 0.290. The van der Waals surface area contributed by atoms with E-state index in [0.717, 1.165) is 16.7 Å². The van der Waals surface area contributed by atoms with Crippen molar-refractivity contribution in [3.8, 4) is 11.1 Å². The van der Waals surface area contributed by atoms with Crippen molar-refractivity contribution < 1.29 is 29.6 Å². The number of ether oxygens (including phenoxy) is 1. The van der Waals surface area contributed by atoms with Gasteiger partial charge in [0.2, 0.25) is 0 Å². The van der Waals surface area contributed by atoms with E-state index in [1.54, 1.807) is 18.2 Å². The first kappa shape index (κ1) is 24.6. The Hall–Kier alpha value is -3.48. The summed E-state index contributed by atoms with van der Waals surface area (Å²) in [6, 6.07) is 25.8. The standard InChI is InChI=1S/C29H30O6/c30-25(21-10-5-2-6-11-21)16-14-24-15-17-26(31)29(24,19-27(32)33)35-28(34)23-13-7-12-22(18-23)20-8-3-1-4-9-20/h1-13,18,24-26,30-31H,14-17,19H2,(H,32,33). The Bertz CT molecular complexity index is 1150. The first-order valence-electron chi connectivity index (χ1n) is 11.9. The Morgan fingerprint density at radius 1 is 0.914 bits per heavy atom. The van der Waals surface area contributed by atoms with Gasteiger partial charge < -0.3 is 20.1 Å². The number of carbonyl (C=O) groups excluding carboxylic acids is 1. The van der Waals surface area contributed by atoms with Crippen LogP contribution in [0.2, 0.25) is 0 Å². The lowest BCUT2D eigenvalue weighted by Gasteiger charge is -2.37. The van der Waals surface area contributed by atoms with Crippen LogP contribution in [0.3, 0.4) is 0 Å². The van der Waals surface area contributed by atoms with Crippen LogP contribution in [0.25, 0.3) is 11.1 Å². The van der Waals surface area contributed by atoms with Gasteiger partial charge in [-0.25, -0.2) is 4.79 Å². The van der Waals surface area contributed by atoms with Crippen LogP contribution < -0.4 is 0 Å². The molecule has 3 aromatic rings. The van der Waals surface area contributed by atoms with Gasteiger partial charge in [0.15, 0.2) is 5.60 Å². The van der Waals surface area contributed by atoms with Gasteiger partial charge in [-0.1, -0.05) is 72.8 Å². The van der Waals surface area contributed by atoms with Crippen LogP contribution in [-0.4, -0.2) is 39.0 Å². The Morgan fingerprint density at radius 3 is 2.26 bits per heavy atom. The average molecular weight is 475 g/mol. The van der Waals surface area contributed by atoms with E-state index in [2.05, 4.69) is 0 Å². The Labute approximate surface area is 204 Å². The largest absolute Gasteiger partial charge is 0.481 e. The first-order chi connectivity index (χ1) is 16.9. The molecule has 3 aromatic carbocycles. The number of aliphatic carboxylic acids is 1. The summed E-state index contributed by atoms with van der Waals surface area (Å²) in [4.78, 5) is 25.1. The molecule has 0 saturated heterocycles. The number of hydrogen-bond donors (Lipinski definition) is 3. The van der Waals surface area contributed by atoms with Gasteiger partial charge >= 0.3 is 11.9 Å². The number of hydrogen-bond acceptors (Lipinski definition) is 5. The highest BCUT2D eigenvalue weighted by Gasteiger charge is 2.54. The molecule has 1 fully saturated rings. The van der Waals surface area contributed by atoms with Crippen LogP contribution in [0.4, 0.5) is 0 Å². The van der Waals surface area contributed by atoms with E-state index in [1.807, 2.05) is 66.7 Å². The van der Waals surface area contributed by atoms with Crippen LogP contribution in [0.5, 0.6) is 0 Å². The molecule has 0 radical (unpaired) electrons. The minimum atomic E-state index is -1.55. The molecule has 1 saturated carbocycles. The van der Waals surface area contributed by atoms with E-state index in [1.165, 1.54) is 0 Å². The highest BCUT2D eigenvalue weighted by Crippen LogP contribution is 2.45. The lowest BCUT2D eigenvalue weighted by atomic mass is 9.81. The van der Waals surface area contributed by atoms with Gasteiger partial charge in [-0.15, -0.1) is 0 Å². The van der Waals surface area contributed by atoms with Gasteiger partial charge in [0.1, 0.15) is 0 Å². The van der Waals surface area contributed by atoms with Crippen molar-refractivity contribution >= 4 is 11.9 Å². The highest BCUT2D eigenvalue weighted by molar-refractivity contribution is 5.91. The van der Waals surface area contributed by atoms with Gasteiger partial charge in [0.25, 0.3) is 0 Å². The molecule has 1 aliphatic carbocycles. The third-order valence-corrected chi connectivity index (χ3v) is 6.93. The fourth-order valence-corrected chi connectivity index (χ4v) is 5.08. The van der Waals surface area contributed by atoms with Gasteiger partial charge in [-0.3, -0.25) is 4.79 Å². The monoisotopic (exact) mass is 474 g/mol. The molecular weight excluding hydrogens is 444 g/mol. The van der Waals surface area contributed by atoms with Crippen LogP contribution in [0.1, 0.15) is 54.1 Å². The summed E-state index contributed by atoms with van der Waals surface area (Å²) >= 11 is 0. The molecule has 4 unspecified atom stereocenters. The summed E-state index contributed by atoms with van der Waals surface area (Å²) in [7, 11) is 0. The summed E-state index contributed by atoms with van der Waals surface area (Å²) in [6.45, 7) is 0. The lowest BCUT2D eigenvalue weighted by Crippen LogP contribution is -2.49. The SMILES string of the molecule is O=C(O)CC1(OC(=O)c2cccc(-c3ccccc3)c2)C(O)CCC1CCC(O)c1ccccc1. The van der Waals surface area contributed by atoms with E-state index < -0.39 is 42.1 Å². The maximum atomic E-state index is 13.2. The molecule has 6 heteroatoms. The molecule has 0 aromatic heterocycles. The van der Waals surface area contributed by atoms with Crippen molar-refractivity contribution in [1.82, 2.24) is 0 Å². The topological polar surface area (TPSA) is 104 Å². The second-order valence-electron chi connectivity index (χ2n) is 9.16.